The summed E-state index contributed by atoms with van der Waals surface area (Å²) in [5.41, 5.74) is 6.88. The smallest absolute Gasteiger partial charge is 0.330 e. The number of H-pyrrole nitrogens is 1. The van der Waals surface area contributed by atoms with Crippen LogP contribution < -0.4 is 11.4 Å². The standard InChI is InChI=1S/C9H8BrN3O/c10-7-2-1-6(5-8(7)11)13-4-3-12-9(13)14/h1-5H,11H2,(H,12,14). The predicted molar refractivity (Wildman–Crippen MR) is 58.5 cm³/mol. The summed E-state index contributed by atoms with van der Waals surface area (Å²) in [5.74, 6) is 0. The van der Waals surface area contributed by atoms with E-state index in [1.54, 1.807) is 18.5 Å². The van der Waals surface area contributed by atoms with Crippen LogP contribution in [0.25, 0.3) is 5.69 Å². The van der Waals surface area contributed by atoms with Crippen molar-refractivity contribution in [3.8, 4) is 5.69 Å². The van der Waals surface area contributed by atoms with E-state index in [1.807, 2.05) is 12.1 Å². The Hall–Kier alpha value is -1.49. The lowest BCUT2D eigenvalue weighted by atomic mass is 10.3. The molecule has 72 valence electrons. The number of rotatable bonds is 1. The zero-order chi connectivity index (χ0) is 10.1. The average molecular weight is 254 g/mol. The van der Waals surface area contributed by atoms with Gasteiger partial charge in [-0.25, -0.2) is 4.79 Å². The molecule has 0 saturated carbocycles. The number of hydrogen-bond acceptors (Lipinski definition) is 2. The van der Waals surface area contributed by atoms with E-state index in [-0.39, 0.29) is 5.69 Å². The zero-order valence-corrected chi connectivity index (χ0v) is 8.78. The van der Waals surface area contributed by atoms with Gasteiger partial charge in [0.15, 0.2) is 0 Å². The van der Waals surface area contributed by atoms with E-state index >= 15 is 0 Å². The number of anilines is 1. The van der Waals surface area contributed by atoms with Crippen molar-refractivity contribution in [2.75, 3.05) is 5.73 Å². The van der Waals surface area contributed by atoms with Gasteiger partial charge in [-0.3, -0.25) is 4.57 Å². The quantitative estimate of drug-likeness (QED) is 0.757. The first-order valence-corrected chi connectivity index (χ1v) is 4.79. The molecule has 2 aromatic rings. The Bertz CT molecular complexity index is 515. The number of imidazole rings is 1. The molecule has 1 aromatic carbocycles. The Balaban J connectivity index is 2.59. The van der Waals surface area contributed by atoms with E-state index in [0.29, 0.717) is 5.69 Å². The molecule has 1 aromatic heterocycles. The van der Waals surface area contributed by atoms with Crippen LogP contribution in [0.1, 0.15) is 0 Å². The number of aromatic amines is 1. The summed E-state index contributed by atoms with van der Waals surface area (Å²) in [5, 5.41) is 0. The van der Waals surface area contributed by atoms with Crippen LogP contribution in [0.15, 0.2) is 39.9 Å². The van der Waals surface area contributed by atoms with Crippen molar-refractivity contribution in [2.45, 2.75) is 0 Å². The lowest BCUT2D eigenvalue weighted by Crippen LogP contribution is -2.14. The maximum absolute atomic E-state index is 11.3. The number of halogens is 1. The largest absolute Gasteiger partial charge is 0.398 e. The fraction of sp³-hybridized carbons (Fsp3) is 0. The van der Waals surface area contributed by atoms with Crippen LogP contribution in [0.4, 0.5) is 5.69 Å². The van der Waals surface area contributed by atoms with Gasteiger partial charge in [0.25, 0.3) is 0 Å². The van der Waals surface area contributed by atoms with Gasteiger partial charge in [0.05, 0.1) is 5.69 Å². The summed E-state index contributed by atoms with van der Waals surface area (Å²) >= 11 is 3.29. The Morgan fingerprint density at radius 1 is 1.43 bits per heavy atom. The van der Waals surface area contributed by atoms with Crippen molar-refractivity contribution >= 4 is 21.6 Å². The van der Waals surface area contributed by atoms with Crippen molar-refractivity contribution in [2.24, 2.45) is 0 Å². The van der Waals surface area contributed by atoms with Crippen LogP contribution in [-0.4, -0.2) is 9.55 Å². The molecule has 0 aliphatic rings. The highest BCUT2D eigenvalue weighted by Crippen LogP contribution is 2.21. The van der Waals surface area contributed by atoms with E-state index in [9.17, 15) is 4.79 Å². The normalized spacial score (nSPS) is 10.4. The second-order valence-corrected chi connectivity index (χ2v) is 3.70. The number of nitrogens with one attached hydrogen (secondary N) is 1. The molecular weight excluding hydrogens is 246 g/mol. The molecule has 3 N–H and O–H groups in total. The Morgan fingerprint density at radius 3 is 2.79 bits per heavy atom. The highest BCUT2D eigenvalue weighted by Gasteiger charge is 2.01. The summed E-state index contributed by atoms with van der Waals surface area (Å²) in [6.45, 7) is 0. The van der Waals surface area contributed by atoms with Gasteiger partial charge >= 0.3 is 5.69 Å². The van der Waals surface area contributed by atoms with Crippen molar-refractivity contribution < 1.29 is 0 Å². The van der Waals surface area contributed by atoms with Crippen molar-refractivity contribution in [1.82, 2.24) is 9.55 Å². The van der Waals surface area contributed by atoms with E-state index in [1.165, 1.54) is 4.57 Å². The summed E-state index contributed by atoms with van der Waals surface area (Å²) < 4.78 is 2.31. The Kier molecular flexibility index (Phi) is 2.17. The highest BCUT2D eigenvalue weighted by molar-refractivity contribution is 9.10. The zero-order valence-electron chi connectivity index (χ0n) is 7.20. The monoisotopic (exact) mass is 253 g/mol. The molecule has 2 rings (SSSR count). The topological polar surface area (TPSA) is 63.8 Å². The maximum atomic E-state index is 11.3. The minimum absolute atomic E-state index is 0.174. The fourth-order valence-electron chi connectivity index (χ4n) is 1.20. The molecule has 0 bridgehead atoms. The van der Waals surface area contributed by atoms with Crippen LogP contribution >= 0.6 is 15.9 Å². The van der Waals surface area contributed by atoms with Crippen LogP contribution in [0.3, 0.4) is 0 Å². The van der Waals surface area contributed by atoms with E-state index in [2.05, 4.69) is 20.9 Å². The van der Waals surface area contributed by atoms with Gasteiger partial charge in [-0.2, -0.15) is 0 Å². The Labute approximate surface area is 88.5 Å². The lowest BCUT2D eigenvalue weighted by Gasteiger charge is -2.03. The molecule has 0 spiro atoms. The number of aromatic nitrogens is 2. The average Bonchev–Trinajstić information content (AvgIpc) is 2.57. The molecule has 4 nitrogen and oxygen atoms in total. The highest BCUT2D eigenvalue weighted by atomic mass is 79.9. The van der Waals surface area contributed by atoms with Gasteiger partial charge in [0, 0.05) is 22.6 Å². The van der Waals surface area contributed by atoms with E-state index in [0.717, 1.165) is 10.2 Å². The summed E-state index contributed by atoms with van der Waals surface area (Å²) in [6.07, 6.45) is 3.24. The van der Waals surface area contributed by atoms with Crippen molar-refractivity contribution in [1.29, 1.82) is 0 Å². The molecule has 0 fully saturated rings. The van der Waals surface area contributed by atoms with Crippen molar-refractivity contribution in [3.63, 3.8) is 0 Å². The van der Waals surface area contributed by atoms with Gasteiger partial charge in [0.1, 0.15) is 0 Å². The number of benzene rings is 1. The second kappa shape index (κ2) is 3.34. The molecule has 0 atom stereocenters. The van der Waals surface area contributed by atoms with Gasteiger partial charge in [-0.1, -0.05) is 0 Å². The van der Waals surface area contributed by atoms with E-state index < -0.39 is 0 Å². The molecule has 0 aliphatic heterocycles. The van der Waals surface area contributed by atoms with Gasteiger partial charge in [-0.05, 0) is 34.1 Å². The Morgan fingerprint density at radius 2 is 2.21 bits per heavy atom. The molecule has 1 heterocycles. The minimum atomic E-state index is -0.174. The molecular formula is C9H8BrN3O. The lowest BCUT2D eigenvalue weighted by molar-refractivity contribution is 0.987. The molecule has 0 radical (unpaired) electrons. The summed E-state index contributed by atoms with van der Waals surface area (Å²) in [6, 6.07) is 5.36. The molecule has 0 saturated heterocycles. The fourth-order valence-corrected chi connectivity index (χ4v) is 1.45. The first kappa shape index (κ1) is 9.08. The minimum Gasteiger partial charge on any atom is -0.398 e. The summed E-state index contributed by atoms with van der Waals surface area (Å²) in [4.78, 5) is 13.8. The van der Waals surface area contributed by atoms with Crippen LogP contribution in [0, 0.1) is 0 Å². The molecule has 14 heavy (non-hydrogen) atoms. The number of nitrogens with two attached hydrogens (primary N) is 1. The van der Waals surface area contributed by atoms with Crippen molar-refractivity contribution in [3.05, 3.63) is 45.5 Å². The third kappa shape index (κ3) is 1.46. The number of nitrogens with zero attached hydrogens (tertiary/aromatic N) is 1. The molecule has 0 amide bonds. The van der Waals surface area contributed by atoms with Crippen LogP contribution in [0.5, 0.6) is 0 Å². The van der Waals surface area contributed by atoms with Gasteiger partial charge < -0.3 is 10.7 Å². The first-order chi connectivity index (χ1) is 6.68. The van der Waals surface area contributed by atoms with Crippen LogP contribution in [0.2, 0.25) is 0 Å². The number of nitrogen functional groups attached to an aromatic ring is 1. The number of hydrogen-bond donors (Lipinski definition) is 2. The molecule has 5 heteroatoms. The third-order valence-corrected chi connectivity index (χ3v) is 2.63. The van der Waals surface area contributed by atoms with Crippen LogP contribution in [-0.2, 0) is 0 Å². The third-order valence-electron chi connectivity index (χ3n) is 1.91. The first-order valence-electron chi connectivity index (χ1n) is 4.00. The molecule has 0 aliphatic carbocycles. The maximum Gasteiger partial charge on any atom is 0.330 e. The second-order valence-electron chi connectivity index (χ2n) is 2.84. The SMILES string of the molecule is Nc1cc(-n2cc[nH]c2=O)ccc1Br. The van der Waals surface area contributed by atoms with E-state index in [4.69, 9.17) is 5.73 Å². The van der Waals surface area contributed by atoms with Gasteiger partial charge in [-0.15, -0.1) is 0 Å². The molecule has 0 unspecified atom stereocenters. The van der Waals surface area contributed by atoms with Gasteiger partial charge in [0.2, 0.25) is 0 Å². The predicted octanol–water partition coefficient (Wildman–Crippen LogP) is 1.51. The summed E-state index contributed by atoms with van der Waals surface area (Å²) in [7, 11) is 0.